The summed E-state index contributed by atoms with van der Waals surface area (Å²) in [6, 6.07) is 10.7. The van der Waals surface area contributed by atoms with Gasteiger partial charge < -0.3 is 19.4 Å². The van der Waals surface area contributed by atoms with Crippen molar-refractivity contribution >= 4 is 34.4 Å². The quantitative estimate of drug-likeness (QED) is 0.215. The zero-order valence-corrected chi connectivity index (χ0v) is 27.7. The van der Waals surface area contributed by atoms with Gasteiger partial charge in [0.25, 0.3) is 0 Å². The fourth-order valence-electron chi connectivity index (χ4n) is 6.09. The normalized spacial score (nSPS) is 14.7. The number of carbonyl (C=O) groups is 2. The summed E-state index contributed by atoms with van der Waals surface area (Å²) in [7, 11) is 5.02. The number of hydrogen-bond donors (Lipinski definition) is 0. The van der Waals surface area contributed by atoms with Crippen LogP contribution < -0.4 is 15.5 Å². The largest absolute Gasteiger partial charge is 0.465 e. The summed E-state index contributed by atoms with van der Waals surface area (Å²) in [5, 5.41) is 11.0. The van der Waals surface area contributed by atoms with Gasteiger partial charge >= 0.3 is 11.7 Å². The van der Waals surface area contributed by atoms with Crippen molar-refractivity contribution in [2.75, 3.05) is 50.6 Å². The van der Waals surface area contributed by atoms with E-state index in [4.69, 9.17) is 9.72 Å². The van der Waals surface area contributed by atoms with Crippen LogP contribution in [0.2, 0.25) is 0 Å². The number of anilines is 2. The fourth-order valence-corrected chi connectivity index (χ4v) is 6.09. The van der Waals surface area contributed by atoms with Gasteiger partial charge in [0.2, 0.25) is 5.91 Å². The average molecular weight is 635 g/mol. The number of esters is 1. The van der Waals surface area contributed by atoms with E-state index in [2.05, 4.69) is 22.6 Å². The Balaban J connectivity index is 1.89. The maximum Gasteiger partial charge on any atom is 0.355 e. The van der Waals surface area contributed by atoms with Crippen LogP contribution in [0.1, 0.15) is 53.9 Å². The number of carbonyl (C=O) groups excluding carboxylic acids is 2. The van der Waals surface area contributed by atoms with Crippen molar-refractivity contribution in [2.45, 2.75) is 39.7 Å². The molecule has 0 radical (unpaired) electrons. The molecule has 4 heterocycles. The molecule has 1 aliphatic heterocycles. The van der Waals surface area contributed by atoms with Crippen molar-refractivity contribution in [3.63, 3.8) is 0 Å². The minimum atomic E-state index is -0.554. The van der Waals surface area contributed by atoms with Crippen LogP contribution in [-0.2, 0) is 9.53 Å². The second-order valence-electron chi connectivity index (χ2n) is 12.1. The molecular weight excluding hydrogens is 596 g/mol. The summed E-state index contributed by atoms with van der Waals surface area (Å²) in [5.41, 5.74) is 3.86. The van der Waals surface area contributed by atoms with Crippen LogP contribution in [0.4, 0.5) is 11.5 Å². The Labute approximate surface area is 273 Å². The highest BCUT2D eigenvalue weighted by atomic mass is 16.5. The van der Waals surface area contributed by atoms with Gasteiger partial charge in [0.15, 0.2) is 5.65 Å². The molecule has 4 aromatic rings. The number of methoxy groups -OCH3 is 1. The highest BCUT2D eigenvalue weighted by Crippen LogP contribution is 2.37. The van der Waals surface area contributed by atoms with Crippen molar-refractivity contribution in [1.29, 1.82) is 5.26 Å². The SMILES string of the molecule is C=CC(=O)N1CCN(c2nc(=O)n(-c3c(C)ccnc3C(C)C)c3nc(-c4cc(C(=O)OC)ccc4N(C)C)c(C#N)cc23)[C@@H](C)C1. The van der Waals surface area contributed by atoms with Gasteiger partial charge in [0.1, 0.15) is 11.9 Å². The number of ether oxygens (including phenoxy) is 1. The lowest BCUT2D eigenvalue weighted by Gasteiger charge is -2.40. The molecule has 1 aromatic carbocycles. The van der Waals surface area contributed by atoms with Crippen molar-refractivity contribution < 1.29 is 14.3 Å². The molecule has 0 bridgehead atoms. The summed E-state index contributed by atoms with van der Waals surface area (Å²) in [5.74, 6) is -0.354. The maximum absolute atomic E-state index is 14.3. The molecule has 1 fully saturated rings. The molecule has 47 heavy (non-hydrogen) atoms. The van der Waals surface area contributed by atoms with Crippen molar-refractivity contribution in [2.24, 2.45) is 0 Å². The number of aryl methyl sites for hydroxylation is 1. The van der Waals surface area contributed by atoms with E-state index in [1.165, 1.54) is 17.8 Å². The van der Waals surface area contributed by atoms with Crippen LogP contribution in [0.5, 0.6) is 0 Å². The maximum atomic E-state index is 14.3. The Kier molecular flexibility index (Phi) is 9.10. The van der Waals surface area contributed by atoms with Gasteiger partial charge in [-0.1, -0.05) is 20.4 Å². The third-order valence-corrected chi connectivity index (χ3v) is 8.43. The summed E-state index contributed by atoms with van der Waals surface area (Å²) in [6.07, 6.45) is 3.00. The summed E-state index contributed by atoms with van der Waals surface area (Å²) in [6.45, 7) is 12.7. The Bertz CT molecular complexity index is 2010. The van der Waals surface area contributed by atoms with E-state index in [-0.39, 0.29) is 34.6 Å². The molecule has 0 saturated carbocycles. The first-order valence-corrected chi connectivity index (χ1v) is 15.3. The first-order chi connectivity index (χ1) is 22.4. The number of nitriles is 1. The molecule has 1 amide bonds. The van der Waals surface area contributed by atoms with Gasteiger partial charge in [-0.3, -0.25) is 9.78 Å². The third kappa shape index (κ3) is 5.92. The van der Waals surface area contributed by atoms with Crippen LogP contribution in [0.15, 0.2) is 54.0 Å². The number of fused-ring (bicyclic) bond motifs is 1. The molecule has 0 aliphatic carbocycles. The van der Waals surface area contributed by atoms with E-state index in [1.807, 2.05) is 57.7 Å². The summed E-state index contributed by atoms with van der Waals surface area (Å²) >= 11 is 0. The van der Waals surface area contributed by atoms with Crippen LogP contribution in [0.3, 0.4) is 0 Å². The number of benzene rings is 1. The van der Waals surface area contributed by atoms with Gasteiger partial charge in [-0.05, 0) is 61.7 Å². The highest BCUT2D eigenvalue weighted by Gasteiger charge is 2.31. The smallest absolute Gasteiger partial charge is 0.355 e. The fraction of sp³-hybridized carbons (Fsp3) is 0.343. The molecule has 0 unspecified atom stereocenters. The molecular formula is C35H38N8O4. The minimum Gasteiger partial charge on any atom is -0.465 e. The van der Waals surface area contributed by atoms with Crippen molar-refractivity contribution in [3.05, 3.63) is 82.1 Å². The summed E-state index contributed by atoms with van der Waals surface area (Å²) < 4.78 is 6.46. The number of piperazine rings is 1. The van der Waals surface area contributed by atoms with Crippen molar-refractivity contribution in [1.82, 2.24) is 24.4 Å². The van der Waals surface area contributed by atoms with E-state index < -0.39 is 11.7 Å². The number of rotatable bonds is 7. The van der Waals surface area contributed by atoms with Gasteiger partial charge in [0.05, 0.1) is 40.7 Å². The molecule has 0 N–H and O–H groups in total. The van der Waals surface area contributed by atoms with Gasteiger partial charge in [-0.2, -0.15) is 10.2 Å². The lowest BCUT2D eigenvalue weighted by molar-refractivity contribution is -0.126. The molecule has 1 aliphatic rings. The second kappa shape index (κ2) is 13.0. The van der Waals surface area contributed by atoms with Gasteiger partial charge in [-0.15, -0.1) is 0 Å². The zero-order chi connectivity index (χ0) is 34.2. The molecule has 1 saturated heterocycles. The van der Waals surface area contributed by atoms with Gasteiger partial charge in [-0.25, -0.2) is 19.1 Å². The van der Waals surface area contributed by atoms with Crippen molar-refractivity contribution in [3.8, 4) is 23.0 Å². The monoisotopic (exact) mass is 634 g/mol. The molecule has 12 nitrogen and oxygen atoms in total. The van der Waals surface area contributed by atoms with Crippen LogP contribution >= 0.6 is 0 Å². The average Bonchev–Trinajstić information content (AvgIpc) is 3.06. The number of amides is 1. The first kappa shape index (κ1) is 32.8. The highest BCUT2D eigenvalue weighted by molar-refractivity contribution is 5.96. The molecule has 12 heteroatoms. The lowest BCUT2D eigenvalue weighted by atomic mass is 9.99. The summed E-state index contributed by atoms with van der Waals surface area (Å²) in [4.78, 5) is 59.1. The third-order valence-electron chi connectivity index (χ3n) is 8.43. The van der Waals surface area contributed by atoms with Crippen LogP contribution in [0, 0.1) is 18.3 Å². The molecule has 1 atom stereocenters. The van der Waals surface area contributed by atoms with E-state index >= 15 is 0 Å². The van der Waals surface area contributed by atoms with E-state index in [9.17, 15) is 19.6 Å². The van der Waals surface area contributed by atoms with Gasteiger partial charge in [0, 0.05) is 57.2 Å². The second-order valence-corrected chi connectivity index (χ2v) is 12.1. The predicted octanol–water partition coefficient (Wildman–Crippen LogP) is 4.22. The standard InChI is InChI=1S/C35H38N8O4/c1-9-28(44)41-14-15-42(22(5)19-41)32-26-17-24(18-36)30(25-16-23(34(45)47-8)10-11-27(25)40(6)7)38-33(26)43(35(46)39-32)31-21(4)12-13-37-29(31)20(2)3/h9-13,16-17,20,22H,1,14-15,19H2,2-8H3/t22-/m0/s1. The Morgan fingerprint density at radius 1 is 1.17 bits per heavy atom. The Morgan fingerprint density at radius 3 is 2.53 bits per heavy atom. The number of aromatic nitrogens is 4. The number of pyridine rings is 2. The topological polar surface area (TPSA) is 138 Å². The predicted molar refractivity (Wildman–Crippen MR) is 181 cm³/mol. The molecule has 0 spiro atoms. The minimum absolute atomic E-state index is 0.0306. The Morgan fingerprint density at radius 2 is 1.91 bits per heavy atom. The van der Waals surface area contributed by atoms with E-state index in [1.54, 1.807) is 35.4 Å². The van der Waals surface area contributed by atoms with E-state index in [0.717, 1.165) is 5.56 Å². The Hall–Kier alpha value is -5.57. The van der Waals surface area contributed by atoms with Crippen LogP contribution in [0.25, 0.3) is 28.0 Å². The van der Waals surface area contributed by atoms with Crippen LogP contribution in [-0.4, -0.2) is 83.2 Å². The lowest BCUT2D eigenvalue weighted by Crippen LogP contribution is -2.54. The molecule has 5 rings (SSSR count). The number of nitrogens with zero attached hydrogens (tertiary/aromatic N) is 8. The number of hydrogen-bond acceptors (Lipinski definition) is 10. The zero-order valence-electron chi connectivity index (χ0n) is 27.7. The van der Waals surface area contributed by atoms with E-state index in [0.29, 0.717) is 59.2 Å². The first-order valence-electron chi connectivity index (χ1n) is 15.3. The molecule has 3 aromatic heterocycles. The molecule has 242 valence electrons.